The first-order chi connectivity index (χ1) is 8.70. The van der Waals surface area contributed by atoms with Gasteiger partial charge in [-0.25, -0.2) is 0 Å². The van der Waals surface area contributed by atoms with Crippen molar-refractivity contribution in [2.75, 3.05) is 0 Å². The molecule has 0 saturated heterocycles. The third-order valence-electron chi connectivity index (χ3n) is 2.85. The monoisotopic (exact) mass is 267 g/mol. The molecule has 0 spiro atoms. The van der Waals surface area contributed by atoms with Crippen LogP contribution in [0.2, 0.25) is 0 Å². The molecule has 18 heavy (non-hydrogen) atoms. The van der Waals surface area contributed by atoms with Crippen LogP contribution in [0, 0.1) is 5.92 Å². The molecule has 0 amide bonds. The van der Waals surface area contributed by atoms with Crippen LogP contribution in [-0.2, 0) is 0 Å². The van der Waals surface area contributed by atoms with Crippen molar-refractivity contribution in [3.63, 3.8) is 0 Å². The maximum atomic E-state index is 12.3. The molecule has 1 atom stereocenters. The third-order valence-corrected chi connectivity index (χ3v) is 3.19. The first kappa shape index (κ1) is 14.7. The fraction of sp³-hybridized carbons (Fsp3) is 0.429. The molecule has 0 fully saturated rings. The van der Waals surface area contributed by atoms with E-state index in [2.05, 4.69) is 12.1 Å². The summed E-state index contributed by atoms with van der Waals surface area (Å²) in [5, 5.41) is 11.7. The number of rotatable bonds is 7. The average Bonchev–Trinajstić information content (AvgIpc) is 2.43. The zero-order chi connectivity index (χ0) is 13.4. The SMILES string of the molecule is CCCCCC(C(=O)c1ccccc1)/C(Cl)=N/O. The van der Waals surface area contributed by atoms with Crippen molar-refractivity contribution < 1.29 is 10.0 Å². The van der Waals surface area contributed by atoms with Crippen LogP contribution >= 0.6 is 11.6 Å². The maximum Gasteiger partial charge on any atom is 0.172 e. The van der Waals surface area contributed by atoms with Crippen LogP contribution < -0.4 is 0 Å². The smallest absolute Gasteiger partial charge is 0.172 e. The van der Waals surface area contributed by atoms with Gasteiger partial charge < -0.3 is 5.21 Å². The zero-order valence-electron chi connectivity index (χ0n) is 10.5. The van der Waals surface area contributed by atoms with E-state index in [1.54, 1.807) is 24.3 Å². The van der Waals surface area contributed by atoms with E-state index in [4.69, 9.17) is 16.8 Å². The van der Waals surface area contributed by atoms with Gasteiger partial charge in [0, 0.05) is 5.56 Å². The van der Waals surface area contributed by atoms with Gasteiger partial charge in [-0.05, 0) is 6.42 Å². The Balaban J connectivity index is 2.80. The molecule has 0 aliphatic rings. The summed E-state index contributed by atoms with van der Waals surface area (Å²) < 4.78 is 0. The van der Waals surface area contributed by atoms with E-state index in [1.807, 2.05) is 6.07 Å². The minimum atomic E-state index is -0.536. The highest BCUT2D eigenvalue weighted by Gasteiger charge is 2.24. The van der Waals surface area contributed by atoms with E-state index in [1.165, 1.54) is 0 Å². The molecule has 0 bridgehead atoms. The number of Topliss-reactive ketones (excluding diaryl/α,β-unsaturated/α-hetero) is 1. The molecule has 0 heterocycles. The molecule has 4 heteroatoms. The molecule has 1 N–H and O–H groups in total. The number of hydrogen-bond donors (Lipinski definition) is 1. The molecule has 0 radical (unpaired) electrons. The quantitative estimate of drug-likeness (QED) is 0.266. The minimum absolute atomic E-state index is 0.0278. The van der Waals surface area contributed by atoms with E-state index >= 15 is 0 Å². The number of nitrogens with zero attached hydrogens (tertiary/aromatic N) is 1. The second kappa shape index (κ2) is 7.88. The molecule has 0 aliphatic heterocycles. The van der Waals surface area contributed by atoms with Gasteiger partial charge in [0.05, 0.1) is 5.92 Å². The van der Waals surface area contributed by atoms with Gasteiger partial charge in [0.1, 0.15) is 0 Å². The Labute approximate surface area is 112 Å². The summed E-state index contributed by atoms with van der Waals surface area (Å²) in [7, 11) is 0. The summed E-state index contributed by atoms with van der Waals surface area (Å²) in [4.78, 5) is 12.3. The predicted octanol–water partition coefficient (Wildman–Crippen LogP) is 4.09. The summed E-state index contributed by atoms with van der Waals surface area (Å²) in [5.41, 5.74) is 0.598. The predicted molar refractivity (Wildman–Crippen MR) is 73.5 cm³/mol. The second-order valence-electron chi connectivity index (χ2n) is 4.20. The van der Waals surface area contributed by atoms with Crippen molar-refractivity contribution in [1.82, 2.24) is 0 Å². The van der Waals surface area contributed by atoms with Gasteiger partial charge in [0.25, 0.3) is 0 Å². The molecule has 98 valence electrons. The molecule has 0 aromatic heterocycles. The van der Waals surface area contributed by atoms with Gasteiger partial charge in [-0.2, -0.15) is 0 Å². The minimum Gasteiger partial charge on any atom is -0.410 e. The Morgan fingerprint density at radius 1 is 1.33 bits per heavy atom. The number of hydrogen-bond acceptors (Lipinski definition) is 3. The topological polar surface area (TPSA) is 49.7 Å². The van der Waals surface area contributed by atoms with Gasteiger partial charge in [-0.15, -0.1) is 0 Å². The largest absolute Gasteiger partial charge is 0.410 e. The molecule has 0 saturated carbocycles. The molecule has 1 aromatic rings. The van der Waals surface area contributed by atoms with Crippen LogP contribution in [0.5, 0.6) is 0 Å². The fourth-order valence-electron chi connectivity index (χ4n) is 1.83. The molecular formula is C14H18ClNO2. The number of unbranched alkanes of at least 4 members (excludes halogenated alkanes) is 2. The van der Waals surface area contributed by atoms with E-state index in [0.29, 0.717) is 12.0 Å². The van der Waals surface area contributed by atoms with Crippen molar-refractivity contribution in [3.05, 3.63) is 35.9 Å². The first-order valence-electron chi connectivity index (χ1n) is 6.17. The summed E-state index contributed by atoms with van der Waals surface area (Å²) in [6.07, 6.45) is 3.62. The van der Waals surface area contributed by atoms with Crippen molar-refractivity contribution >= 4 is 22.6 Å². The highest BCUT2D eigenvalue weighted by molar-refractivity contribution is 6.67. The van der Waals surface area contributed by atoms with Gasteiger partial charge in [-0.3, -0.25) is 4.79 Å². The van der Waals surface area contributed by atoms with Crippen LogP contribution in [0.15, 0.2) is 35.5 Å². The van der Waals surface area contributed by atoms with Crippen LogP contribution in [-0.4, -0.2) is 16.2 Å². The van der Waals surface area contributed by atoms with Crippen LogP contribution in [0.1, 0.15) is 43.0 Å². The number of carbonyl (C=O) groups is 1. The van der Waals surface area contributed by atoms with Gasteiger partial charge >= 0.3 is 0 Å². The van der Waals surface area contributed by atoms with Crippen LogP contribution in [0.4, 0.5) is 0 Å². The summed E-state index contributed by atoms with van der Waals surface area (Å²) >= 11 is 5.83. The van der Waals surface area contributed by atoms with E-state index in [9.17, 15) is 4.79 Å². The second-order valence-corrected chi connectivity index (χ2v) is 4.59. The summed E-state index contributed by atoms with van der Waals surface area (Å²) in [6.45, 7) is 2.09. The highest BCUT2D eigenvalue weighted by Crippen LogP contribution is 2.19. The molecule has 1 aromatic carbocycles. The Morgan fingerprint density at radius 3 is 2.56 bits per heavy atom. The lowest BCUT2D eigenvalue weighted by atomic mass is 9.93. The first-order valence-corrected chi connectivity index (χ1v) is 6.55. The molecule has 1 rings (SSSR count). The lowest BCUT2D eigenvalue weighted by Gasteiger charge is -2.13. The number of carbonyl (C=O) groups excluding carboxylic acids is 1. The number of oxime groups is 1. The van der Waals surface area contributed by atoms with Gasteiger partial charge in [0.15, 0.2) is 11.0 Å². The Kier molecular flexibility index (Phi) is 6.44. The number of ketones is 1. The molecular weight excluding hydrogens is 250 g/mol. The number of halogens is 1. The Bertz CT molecular complexity index is 404. The molecule has 1 unspecified atom stereocenters. The van der Waals surface area contributed by atoms with Crippen LogP contribution in [0.25, 0.3) is 0 Å². The van der Waals surface area contributed by atoms with Crippen molar-refractivity contribution in [2.45, 2.75) is 32.6 Å². The average molecular weight is 268 g/mol. The van der Waals surface area contributed by atoms with Crippen LogP contribution in [0.3, 0.4) is 0 Å². The number of benzene rings is 1. The van der Waals surface area contributed by atoms with Gasteiger partial charge in [-0.1, -0.05) is 73.3 Å². The van der Waals surface area contributed by atoms with Crippen molar-refractivity contribution in [1.29, 1.82) is 0 Å². The third kappa shape index (κ3) is 4.15. The summed E-state index contributed by atoms with van der Waals surface area (Å²) in [5.74, 6) is -0.625. The molecule has 0 aliphatic carbocycles. The van der Waals surface area contributed by atoms with E-state index < -0.39 is 5.92 Å². The lowest BCUT2D eigenvalue weighted by Crippen LogP contribution is -2.21. The Hall–Kier alpha value is -1.35. The highest BCUT2D eigenvalue weighted by atomic mass is 35.5. The fourth-order valence-corrected chi connectivity index (χ4v) is 2.04. The van der Waals surface area contributed by atoms with Gasteiger partial charge in [0.2, 0.25) is 0 Å². The lowest BCUT2D eigenvalue weighted by molar-refractivity contribution is 0.0947. The summed E-state index contributed by atoms with van der Waals surface area (Å²) in [6, 6.07) is 8.96. The zero-order valence-corrected chi connectivity index (χ0v) is 11.2. The van der Waals surface area contributed by atoms with E-state index in [-0.39, 0.29) is 11.0 Å². The standard InChI is InChI=1S/C14H18ClNO2/c1-2-3-5-10-12(14(15)16-18)13(17)11-8-6-4-7-9-11/h4,6-9,12,18H,2-3,5,10H2,1H3/b16-14-. The normalized spacial score (nSPS) is 13.3. The Morgan fingerprint density at radius 2 is 2.00 bits per heavy atom. The van der Waals surface area contributed by atoms with Crippen molar-refractivity contribution in [2.24, 2.45) is 11.1 Å². The van der Waals surface area contributed by atoms with E-state index in [0.717, 1.165) is 19.3 Å². The maximum absolute atomic E-state index is 12.3. The van der Waals surface area contributed by atoms with Crippen molar-refractivity contribution in [3.8, 4) is 0 Å². The molecule has 3 nitrogen and oxygen atoms in total.